The first-order valence-electron chi connectivity index (χ1n) is 26.2. The molecular formula is C56H100ClNO11Si3. The van der Waals surface area contributed by atoms with Crippen LogP contribution in [0.4, 0.5) is 0 Å². The van der Waals surface area contributed by atoms with Crippen molar-refractivity contribution in [2.24, 2.45) is 11.8 Å². The van der Waals surface area contributed by atoms with E-state index >= 15 is 0 Å². The van der Waals surface area contributed by atoms with Crippen LogP contribution in [0.5, 0.6) is 5.75 Å². The average Bonchev–Trinajstić information content (AvgIpc) is 3.74. The van der Waals surface area contributed by atoms with Gasteiger partial charge in [0, 0.05) is 54.2 Å². The number of halogens is 1. The van der Waals surface area contributed by atoms with Crippen molar-refractivity contribution >= 4 is 48.4 Å². The highest BCUT2D eigenvalue weighted by atomic mass is 35.5. The molecule has 0 amide bonds. The predicted molar refractivity (Wildman–Crippen MR) is 303 cm³/mol. The van der Waals surface area contributed by atoms with Gasteiger partial charge in [-0.3, -0.25) is 4.79 Å². The summed E-state index contributed by atoms with van der Waals surface area (Å²) >= 11 is 6.11. The zero-order valence-electron chi connectivity index (χ0n) is 48.6. The van der Waals surface area contributed by atoms with Gasteiger partial charge in [0.1, 0.15) is 30.4 Å². The number of rotatable bonds is 35. The van der Waals surface area contributed by atoms with Gasteiger partial charge >= 0.3 is 5.97 Å². The molecule has 2 rings (SSSR count). The van der Waals surface area contributed by atoms with Gasteiger partial charge in [-0.25, -0.2) is 4.98 Å². The molecule has 414 valence electrons. The van der Waals surface area contributed by atoms with E-state index in [1.807, 2.05) is 44.2 Å². The zero-order chi connectivity index (χ0) is 54.7. The van der Waals surface area contributed by atoms with Crippen LogP contribution in [0.25, 0.3) is 6.08 Å². The van der Waals surface area contributed by atoms with Crippen LogP contribution < -0.4 is 4.74 Å². The Bertz CT molecular complexity index is 1900. The Morgan fingerprint density at radius 3 is 2.06 bits per heavy atom. The van der Waals surface area contributed by atoms with Crippen LogP contribution in [0.1, 0.15) is 137 Å². The predicted octanol–water partition coefficient (Wildman–Crippen LogP) is 15.2. The minimum absolute atomic E-state index is 0.0713. The third kappa shape index (κ3) is 24.2. The number of carbonyl (C=O) groups is 1. The zero-order valence-corrected chi connectivity index (χ0v) is 52.3. The summed E-state index contributed by atoms with van der Waals surface area (Å²) in [5, 5.41) is 0.0580. The maximum Gasteiger partial charge on any atom is 0.323 e. The third-order valence-corrected chi connectivity index (χ3v) is 25.2. The Morgan fingerprint density at radius 2 is 1.50 bits per heavy atom. The number of hydrogen-bond acceptors (Lipinski definition) is 12. The molecule has 0 aliphatic carbocycles. The molecule has 12 nitrogen and oxygen atoms in total. The number of aromatic nitrogens is 1. The number of hydrogen-bond donors (Lipinski definition) is 0. The molecule has 1 aromatic carbocycles. The molecule has 0 N–H and O–H groups in total. The second-order valence-corrected chi connectivity index (χ2v) is 39.7. The second kappa shape index (κ2) is 30.5. The Hall–Kier alpha value is -2.16. The van der Waals surface area contributed by atoms with Crippen LogP contribution in [0.2, 0.25) is 61.9 Å². The van der Waals surface area contributed by atoms with E-state index in [0.717, 1.165) is 34.9 Å². The highest BCUT2D eigenvalue weighted by molar-refractivity contribution is 6.76. The number of methoxy groups -OCH3 is 3. The van der Waals surface area contributed by atoms with Crippen molar-refractivity contribution in [3.05, 3.63) is 65.4 Å². The lowest BCUT2D eigenvalue weighted by Gasteiger charge is -2.39. The van der Waals surface area contributed by atoms with E-state index in [2.05, 4.69) is 108 Å². The number of nitrogens with zero attached hydrogens (tertiary/aromatic N) is 1. The van der Waals surface area contributed by atoms with Crippen molar-refractivity contribution in [2.45, 2.75) is 220 Å². The van der Waals surface area contributed by atoms with Gasteiger partial charge in [0.05, 0.1) is 44.2 Å². The van der Waals surface area contributed by atoms with Gasteiger partial charge in [-0.15, -0.1) is 18.2 Å². The molecule has 72 heavy (non-hydrogen) atoms. The van der Waals surface area contributed by atoms with Crippen LogP contribution in [0.15, 0.2) is 52.7 Å². The second-order valence-electron chi connectivity index (χ2n) is 24.4. The average molecular weight is 1080 g/mol. The van der Waals surface area contributed by atoms with E-state index in [1.54, 1.807) is 27.6 Å². The highest BCUT2D eigenvalue weighted by Crippen LogP contribution is 2.42. The van der Waals surface area contributed by atoms with Crippen LogP contribution in [-0.2, 0) is 48.7 Å². The highest BCUT2D eigenvalue weighted by Gasteiger charge is 2.41. The summed E-state index contributed by atoms with van der Waals surface area (Å²) in [6.07, 6.45) is 5.55. The van der Waals surface area contributed by atoms with E-state index in [0.29, 0.717) is 69.2 Å². The van der Waals surface area contributed by atoms with Crippen LogP contribution in [0, 0.1) is 11.8 Å². The lowest BCUT2D eigenvalue weighted by molar-refractivity contribution is -0.196. The number of benzene rings is 1. The molecule has 0 fully saturated rings. The molecule has 0 radical (unpaired) electrons. The Labute approximate surface area is 445 Å². The van der Waals surface area contributed by atoms with E-state index < -0.39 is 43.1 Å². The topological polar surface area (TPSA) is 126 Å². The molecular weight excluding hydrogens is 982 g/mol. The maximum absolute atomic E-state index is 13.1. The fraction of sp³-hybridized carbons (Fsp3) is 0.750. The number of oxazole rings is 1. The van der Waals surface area contributed by atoms with Gasteiger partial charge in [0.15, 0.2) is 16.6 Å². The van der Waals surface area contributed by atoms with E-state index in [1.165, 1.54) is 0 Å². The first-order valence-corrected chi connectivity index (χ1v) is 36.3. The normalized spacial score (nSPS) is 16.7. The maximum atomic E-state index is 13.1. The fourth-order valence-corrected chi connectivity index (χ4v) is 12.0. The van der Waals surface area contributed by atoms with Gasteiger partial charge in [0.25, 0.3) is 0 Å². The van der Waals surface area contributed by atoms with E-state index in [9.17, 15) is 4.79 Å². The van der Waals surface area contributed by atoms with Gasteiger partial charge in [-0.1, -0.05) is 92.7 Å². The Morgan fingerprint density at radius 1 is 0.861 bits per heavy atom. The van der Waals surface area contributed by atoms with Crippen LogP contribution in [-0.4, -0.2) is 107 Å². The fourth-order valence-electron chi connectivity index (χ4n) is 7.91. The first kappa shape index (κ1) is 66.0. The standard InChI is InChI=1S/C56H100ClNO11Si3/c1-40(35-66-71(18,19)55(6,7)8)29-43(4)50(65-39-60-12)33-48(30-41(2)38-70(15,16)17)67-54(68-53(59)34-57)24-22-23-47(63-36-45-25-27-46(62-14)28-26-45)32-51(69-72(20,21)56(9,10)11)49-37-64-52(58-49)31-42(3)44(5)61-13/h25-28,31,37,40,43-44,47-48,50-51,54H,2,22-24,29-30,32-36,38-39H2,1,3-21H3/b42-31-/t40-,43-,44+,47-,48+,50-,51-,54?/m0/s1. The smallest absolute Gasteiger partial charge is 0.323 e. The van der Waals surface area contributed by atoms with Crippen molar-refractivity contribution in [1.29, 1.82) is 0 Å². The van der Waals surface area contributed by atoms with Gasteiger partial charge in [0.2, 0.25) is 12.2 Å². The molecule has 1 aromatic heterocycles. The first-order chi connectivity index (χ1) is 33.3. The molecule has 0 aliphatic rings. The minimum Gasteiger partial charge on any atom is -0.497 e. The largest absolute Gasteiger partial charge is 0.497 e. The molecule has 1 unspecified atom stereocenters. The third-order valence-electron chi connectivity index (χ3n) is 14.4. The van der Waals surface area contributed by atoms with E-state index in [4.69, 9.17) is 63.0 Å². The summed E-state index contributed by atoms with van der Waals surface area (Å²) in [6.45, 7) is 43.9. The van der Waals surface area contributed by atoms with Gasteiger partial charge < -0.3 is 46.4 Å². The lowest BCUT2D eigenvalue weighted by Crippen LogP contribution is -2.42. The summed E-state index contributed by atoms with van der Waals surface area (Å²) in [6, 6.07) is 8.85. The molecule has 0 aliphatic heterocycles. The number of alkyl halides is 1. The Balaban J connectivity index is 2.55. The van der Waals surface area contributed by atoms with E-state index in [-0.39, 0.29) is 53.1 Å². The summed E-state index contributed by atoms with van der Waals surface area (Å²) in [4.78, 5) is 18.0. The van der Waals surface area contributed by atoms with Crippen molar-refractivity contribution < 1.29 is 51.2 Å². The van der Waals surface area contributed by atoms with Crippen LogP contribution in [0.3, 0.4) is 0 Å². The van der Waals surface area contributed by atoms with Crippen molar-refractivity contribution in [3.63, 3.8) is 0 Å². The Kier molecular flexibility index (Phi) is 28.0. The van der Waals surface area contributed by atoms with Gasteiger partial charge in [-0.05, 0) is 117 Å². The molecule has 2 aromatic rings. The molecule has 0 saturated carbocycles. The monoisotopic (exact) mass is 1080 g/mol. The number of carbonyl (C=O) groups excluding carboxylic acids is 1. The summed E-state index contributed by atoms with van der Waals surface area (Å²) in [5.41, 5.74) is 3.82. The molecule has 0 bridgehead atoms. The quantitative estimate of drug-likeness (QED) is 0.0214. The van der Waals surface area contributed by atoms with Crippen molar-refractivity contribution in [3.8, 4) is 5.75 Å². The van der Waals surface area contributed by atoms with Crippen LogP contribution >= 0.6 is 11.6 Å². The summed E-state index contributed by atoms with van der Waals surface area (Å²) in [5.74, 6) is 0.888. The SMILES string of the molecule is C=C(C[C@H](C[C@H](OCOC)[C@@H](C)C[C@H](C)CO[Si](C)(C)C(C)(C)C)OC(CCC[C@@H](C[C@H](O[Si](C)(C)C(C)(C)C)c1coc(/C=C(/C)[C@@H](C)OC)n1)OCc1ccc(OC)cc1)OC(=O)CCl)C[Si](C)(C)C. The molecule has 0 saturated heterocycles. The minimum atomic E-state index is -2.34. The number of ether oxygens (including phenoxy) is 7. The molecule has 8 atom stereocenters. The summed E-state index contributed by atoms with van der Waals surface area (Å²) < 4.78 is 62.6. The molecule has 16 heteroatoms. The molecule has 0 spiro atoms. The lowest BCUT2D eigenvalue weighted by atomic mass is 9.89. The van der Waals surface area contributed by atoms with Crippen molar-refractivity contribution in [2.75, 3.05) is 40.6 Å². The number of esters is 1. The van der Waals surface area contributed by atoms with Crippen molar-refractivity contribution in [1.82, 2.24) is 4.98 Å². The molecule has 1 heterocycles. The summed E-state index contributed by atoms with van der Waals surface area (Å²) in [7, 11) is -0.788. The van der Waals surface area contributed by atoms with Gasteiger partial charge in [-0.2, -0.15) is 0 Å².